The molecular formula is C31H40NO4PS. The molecule has 204 valence electrons. The number of methoxy groups -OCH3 is 1. The van der Waals surface area contributed by atoms with Gasteiger partial charge in [0.1, 0.15) is 12.6 Å². The zero-order chi connectivity index (χ0) is 26.5. The summed E-state index contributed by atoms with van der Waals surface area (Å²) in [6.45, 7) is 0.215. The summed E-state index contributed by atoms with van der Waals surface area (Å²) in [6.07, 6.45) is 12.0. The van der Waals surface area contributed by atoms with Gasteiger partial charge in [-0.05, 0) is 65.3 Å². The number of alkyl carbamates (subject to hydrolysis) is 1. The smallest absolute Gasteiger partial charge is 0.407 e. The number of ether oxygens (including phenoxy) is 2. The Hall–Kier alpha value is -2.17. The van der Waals surface area contributed by atoms with Crippen LogP contribution in [-0.4, -0.2) is 49.3 Å². The molecule has 0 spiro atoms. The first-order valence-corrected chi connectivity index (χ1v) is 17.4. The van der Waals surface area contributed by atoms with Gasteiger partial charge >= 0.3 is 12.1 Å². The Bertz CT molecular complexity index is 1120. The molecule has 3 aliphatic rings. The number of fused-ring (bicyclic) bond motifs is 3. The van der Waals surface area contributed by atoms with Crippen LogP contribution in [0.25, 0.3) is 11.1 Å². The van der Waals surface area contributed by atoms with Crippen molar-refractivity contribution < 1.29 is 19.1 Å². The molecule has 1 amide bonds. The summed E-state index contributed by atoms with van der Waals surface area (Å²) in [5, 5.41) is 2.90. The van der Waals surface area contributed by atoms with Crippen LogP contribution in [0.3, 0.4) is 0 Å². The van der Waals surface area contributed by atoms with E-state index in [1.807, 2.05) is 24.3 Å². The Morgan fingerprint density at radius 1 is 0.868 bits per heavy atom. The van der Waals surface area contributed by atoms with Gasteiger partial charge in [0.05, 0.1) is 7.11 Å². The minimum atomic E-state index is -1.91. The Morgan fingerprint density at radius 3 is 1.87 bits per heavy atom. The molecular weight excluding hydrogens is 513 g/mol. The lowest BCUT2D eigenvalue weighted by atomic mass is 9.98. The van der Waals surface area contributed by atoms with Crippen LogP contribution in [0.5, 0.6) is 0 Å². The first-order valence-electron chi connectivity index (χ1n) is 14.3. The van der Waals surface area contributed by atoms with Gasteiger partial charge in [-0.3, -0.25) is 0 Å². The van der Waals surface area contributed by atoms with Crippen LogP contribution in [-0.2, 0) is 26.1 Å². The molecule has 7 heteroatoms. The summed E-state index contributed by atoms with van der Waals surface area (Å²) in [7, 11) is 1.39. The maximum absolute atomic E-state index is 13.1. The van der Waals surface area contributed by atoms with Crippen LogP contribution in [0.2, 0.25) is 0 Å². The van der Waals surface area contributed by atoms with E-state index >= 15 is 0 Å². The second kappa shape index (κ2) is 12.3. The third kappa shape index (κ3) is 5.72. The predicted molar refractivity (Wildman–Crippen MR) is 157 cm³/mol. The average molecular weight is 554 g/mol. The highest BCUT2D eigenvalue weighted by Crippen LogP contribution is 2.63. The molecule has 2 fully saturated rings. The molecule has 0 radical (unpaired) electrons. The number of esters is 1. The highest BCUT2D eigenvalue weighted by molar-refractivity contribution is 8.15. The fraction of sp³-hybridized carbons (Fsp3) is 0.548. The number of amides is 1. The Balaban J connectivity index is 1.30. The van der Waals surface area contributed by atoms with E-state index in [0.717, 1.165) is 36.8 Å². The van der Waals surface area contributed by atoms with E-state index in [-0.39, 0.29) is 12.5 Å². The van der Waals surface area contributed by atoms with E-state index < -0.39 is 24.1 Å². The number of hydrogen-bond acceptors (Lipinski definition) is 5. The van der Waals surface area contributed by atoms with Crippen LogP contribution in [0.15, 0.2) is 48.5 Å². The van der Waals surface area contributed by atoms with Crippen molar-refractivity contribution in [2.45, 2.75) is 87.5 Å². The van der Waals surface area contributed by atoms with Gasteiger partial charge in [0, 0.05) is 12.1 Å². The summed E-state index contributed by atoms with van der Waals surface area (Å²) >= 11 is 6.59. The number of benzene rings is 2. The van der Waals surface area contributed by atoms with Crippen LogP contribution < -0.4 is 5.32 Å². The largest absolute Gasteiger partial charge is 0.467 e. The third-order valence-corrected chi connectivity index (χ3v) is 15.7. The first kappa shape index (κ1) is 27.4. The maximum atomic E-state index is 13.1. The number of rotatable bonds is 8. The summed E-state index contributed by atoms with van der Waals surface area (Å²) in [4.78, 5) is 26.1. The van der Waals surface area contributed by atoms with Crippen LogP contribution in [0, 0.1) is 0 Å². The monoisotopic (exact) mass is 553 g/mol. The van der Waals surface area contributed by atoms with E-state index in [1.165, 1.54) is 56.8 Å². The van der Waals surface area contributed by atoms with Crippen molar-refractivity contribution in [3.63, 3.8) is 0 Å². The molecule has 0 bridgehead atoms. The van der Waals surface area contributed by atoms with Crippen molar-refractivity contribution in [2.24, 2.45) is 0 Å². The number of carbonyl (C=O) groups excluding carboxylic acids is 2. The molecule has 0 saturated heterocycles. The average Bonchev–Trinajstić information content (AvgIpc) is 3.29. The fourth-order valence-electron chi connectivity index (χ4n) is 7.02. The van der Waals surface area contributed by atoms with E-state index in [1.54, 1.807) is 0 Å². The minimum Gasteiger partial charge on any atom is -0.467 e. The van der Waals surface area contributed by atoms with E-state index in [9.17, 15) is 9.59 Å². The standard InChI is InChI=1S/C31H40NO4PS/c1-35-30(33)29(21-37(38,22-12-4-2-5-13-22)23-14-6-3-7-15-23)32-31(34)36-20-28-26-18-10-8-16-24(26)25-17-9-11-19-27(25)28/h8-11,16-19,22-23,28-29H,2-7,12-15,20-21H2,1H3,(H,32,34)/t29-/m0/s1. The van der Waals surface area contributed by atoms with E-state index in [0.29, 0.717) is 17.5 Å². The number of carbonyl (C=O) groups is 2. The minimum absolute atomic E-state index is 0.0280. The fourth-order valence-corrected chi connectivity index (χ4v) is 13.2. The lowest BCUT2D eigenvalue weighted by Gasteiger charge is -2.42. The zero-order valence-electron chi connectivity index (χ0n) is 22.4. The summed E-state index contributed by atoms with van der Waals surface area (Å²) in [5.41, 5.74) is 5.71. The van der Waals surface area contributed by atoms with Crippen LogP contribution in [0.4, 0.5) is 4.79 Å². The topological polar surface area (TPSA) is 64.6 Å². The van der Waals surface area contributed by atoms with Gasteiger partial charge in [-0.1, -0.05) is 98.9 Å². The zero-order valence-corrected chi connectivity index (χ0v) is 24.1. The van der Waals surface area contributed by atoms with Crippen molar-refractivity contribution in [3.8, 4) is 11.1 Å². The molecule has 2 aromatic rings. The van der Waals surface area contributed by atoms with Gasteiger partial charge in [0.15, 0.2) is 0 Å². The van der Waals surface area contributed by atoms with Crippen LogP contribution >= 0.6 is 6.04 Å². The second-order valence-corrected chi connectivity index (χ2v) is 16.7. The summed E-state index contributed by atoms with van der Waals surface area (Å²) < 4.78 is 11.0. The Kier molecular flexibility index (Phi) is 8.90. The van der Waals surface area contributed by atoms with Gasteiger partial charge in [-0.25, -0.2) is 9.59 Å². The van der Waals surface area contributed by atoms with Gasteiger partial charge in [0.2, 0.25) is 0 Å². The van der Waals surface area contributed by atoms with E-state index in [2.05, 4.69) is 29.6 Å². The van der Waals surface area contributed by atoms with E-state index in [4.69, 9.17) is 21.3 Å². The number of hydrogen-bond donors (Lipinski definition) is 1. The Labute approximate surface area is 232 Å². The van der Waals surface area contributed by atoms with Crippen molar-refractivity contribution in [3.05, 3.63) is 59.7 Å². The highest BCUT2D eigenvalue weighted by atomic mass is 32.4. The lowest BCUT2D eigenvalue weighted by molar-refractivity contribution is -0.142. The molecule has 0 heterocycles. The molecule has 0 aromatic heterocycles. The first-order chi connectivity index (χ1) is 18.5. The van der Waals surface area contributed by atoms with Crippen molar-refractivity contribution in [1.29, 1.82) is 0 Å². The Morgan fingerprint density at radius 2 is 1.37 bits per heavy atom. The van der Waals surface area contributed by atoms with Crippen molar-refractivity contribution in [1.82, 2.24) is 5.32 Å². The molecule has 1 N–H and O–H groups in total. The van der Waals surface area contributed by atoms with Crippen molar-refractivity contribution >= 4 is 29.9 Å². The normalized spacial score (nSPS) is 19.3. The van der Waals surface area contributed by atoms with Gasteiger partial charge < -0.3 is 14.8 Å². The number of nitrogens with one attached hydrogen (secondary N) is 1. The quantitative estimate of drug-likeness (QED) is 0.276. The second-order valence-electron chi connectivity index (χ2n) is 11.2. The molecule has 1 atom stereocenters. The summed E-state index contributed by atoms with van der Waals surface area (Å²) in [6, 6.07) is 13.9. The van der Waals surface area contributed by atoms with Gasteiger partial charge in [-0.2, -0.15) is 0 Å². The highest BCUT2D eigenvalue weighted by Gasteiger charge is 2.41. The molecule has 5 nitrogen and oxygen atoms in total. The molecule has 0 unspecified atom stereocenters. The lowest BCUT2D eigenvalue weighted by Crippen LogP contribution is -2.46. The molecule has 38 heavy (non-hydrogen) atoms. The molecule has 2 saturated carbocycles. The summed E-state index contributed by atoms with van der Waals surface area (Å²) in [5.74, 6) is -0.445. The SMILES string of the molecule is COC(=O)[C@H](CP(=S)(C1CCCCC1)C1CCCCC1)NC(=O)OCC1c2ccccc2-c2ccccc21. The molecule has 3 aliphatic carbocycles. The predicted octanol–water partition coefficient (Wildman–Crippen LogP) is 7.21. The van der Waals surface area contributed by atoms with Gasteiger partial charge in [0.25, 0.3) is 0 Å². The molecule has 5 rings (SSSR count). The maximum Gasteiger partial charge on any atom is 0.407 e. The van der Waals surface area contributed by atoms with Crippen LogP contribution in [0.1, 0.15) is 81.3 Å². The molecule has 2 aromatic carbocycles. The molecule has 0 aliphatic heterocycles. The van der Waals surface area contributed by atoms with Gasteiger partial charge in [-0.15, -0.1) is 0 Å². The third-order valence-electron chi connectivity index (χ3n) is 8.97. The van der Waals surface area contributed by atoms with Crippen molar-refractivity contribution in [2.75, 3.05) is 19.9 Å².